The van der Waals surface area contributed by atoms with Crippen LogP contribution in [0.2, 0.25) is 0 Å². The molecule has 0 aliphatic rings. The van der Waals surface area contributed by atoms with E-state index >= 15 is 0 Å². The van der Waals surface area contributed by atoms with Crippen LogP contribution in [0, 0.1) is 5.92 Å². The minimum atomic E-state index is -0.0831. The molecule has 0 saturated heterocycles. The Labute approximate surface area is 163 Å². The Hall–Kier alpha value is -2.10. The summed E-state index contributed by atoms with van der Waals surface area (Å²) in [5.41, 5.74) is 5.04. The Morgan fingerprint density at radius 3 is 2.48 bits per heavy atom. The maximum atomic E-state index is 9.43. The Bertz CT molecular complexity index is 747. The summed E-state index contributed by atoms with van der Waals surface area (Å²) >= 11 is 0. The third-order valence-corrected chi connectivity index (χ3v) is 4.74. The van der Waals surface area contributed by atoms with Gasteiger partial charge in [0, 0.05) is 0 Å². The molecule has 0 fully saturated rings. The van der Waals surface area contributed by atoms with Crippen molar-refractivity contribution in [3.05, 3.63) is 70.8 Å². The van der Waals surface area contributed by atoms with E-state index in [1.165, 1.54) is 17.6 Å². The van der Waals surface area contributed by atoms with Crippen molar-refractivity contribution in [1.29, 1.82) is 0 Å². The molecule has 0 saturated carbocycles. The zero-order chi connectivity index (χ0) is 19.6. The molecular weight excluding hydrogens is 336 g/mol. The SMILES string of the molecule is CC/C(=C\CCC(C)C)c1cccc(OCc2ccc(CO)c(CO)c2)c1. The first kappa shape index (κ1) is 21.2. The molecule has 146 valence electrons. The fourth-order valence-electron chi connectivity index (χ4n) is 3.08. The average Bonchev–Trinajstić information content (AvgIpc) is 2.69. The topological polar surface area (TPSA) is 49.7 Å². The molecule has 0 radical (unpaired) electrons. The molecular formula is C24H32O3. The molecule has 0 aliphatic carbocycles. The second kappa shape index (κ2) is 10.9. The van der Waals surface area contributed by atoms with Crippen LogP contribution in [-0.2, 0) is 19.8 Å². The molecule has 0 spiro atoms. The van der Waals surface area contributed by atoms with Gasteiger partial charge >= 0.3 is 0 Å². The third kappa shape index (κ3) is 6.53. The molecule has 2 N–H and O–H groups in total. The zero-order valence-corrected chi connectivity index (χ0v) is 16.7. The lowest BCUT2D eigenvalue weighted by atomic mass is 9.99. The molecule has 27 heavy (non-hydrogen) atoms. The quantitative estimate of drug-likeness (QED) is 0.584. The molecule has 3 heteroatoms. The van der Waals surface area contributed by atoms with Crippen molar-refractivity contribution in [1.82, 2.24) is 0 Å². The maximum Gasteiger partial charge on any atom is 0.120 e. The first-order chi connectivity index (χ1) is 13.1. The monoisotopic (exact) mass is 368 g/mol. The summed E-state index contributed by atoms with van der Waals surface area (Å²) in [7, 11) is 0. The number of hydrogen-bond donors (Lipinski definition) is 2. The molecule has 0 atom stereocenters. The number of aliphatic hydroxyl groups excluding tert-OH is 2. The summed E-state index contributed by atoms with van der Waals surface area (Å²) in [5.74, 6) is 1.56. The van der Waals surface area contributed by atoms with Gasteiger partial charge in [-0.1, -0.05) is 51.1 Å². The maximum absolute atomic E-state index is 9.43. The van der Waals surface area contributed by atoms with Crippen LogP contribution in [0.5, 0.6) is 5.75 Å². The van der Waals surface area contributed by atoms with Gasteiger partial charge in [-0.05, 0) is 71.2 Å². The number of ether oxygens (including phenoxy) is 1. The molecule has 2 aromatic rings. The van der Waals surface area contributed by atoms with E-state index in [9.17, 15) is 10.2 Å². The second-order valence-corrected chi connectivity index (χ2v) is 7.29. The third-order valence-electron chi connectivity index (χ3n) is 4.74. The molecule has 0 heterocycles. The number of aliphatic hydroxyl groups is 2. The highest BCUT2D eigenvalue weighted by atomic mass is 16.5. The molecule has 0 aliphatic heterocycles. The van der Waals surface area contributed by atoms with E-state index in [0.29, 0.717) is 6.61 Å². The highest BCUT2D eigenvalue weighted by Gasteiger charge is 2.05. The lowest BCUT2D eigenvalue weighted by molar-refractivity contribution is 0.259. The number of hydrogen-bond acceptors (Lipinski definition) is 3. The van der Waals surface area contributed by atoms with E-state index in [-0.39, 0.29) is 13.2 Å². The smallest absolute Gasteiger partial charge is 0.120 e. The van der Waals surface area contributed by atoms with Crippen LogP contribution in [0.3, 0.4) is 0 Å². The van der Waals surface area contributed by atoms with Gasteiger partial charge in [-0.15, -0.1) is 0 Å². The van der Waals surface area contributed by atoms with E-state index in [1.54, 1.807) is 0 Å². The van der Waals surface area contributed by atoms with Gasteiger partial charge in [0.25, 0.3) is 0 Å². The number of benzene rings is 2. The Morgan fingerprint density at radius 2 is 1.81 bits per heavy atom. The first-order valence-electron chi connectivity index (χ1n) is 9.82. The summed E-state index contributed by atoms with van der Waals surface area (Å²) < 4.78 is 5.97. The summed E-state index contributed by atoms with van der Waals surface area (Å²) in [4.78, 5) is 0. The van der Waals surface area contributed by atoms with Crippen LogP contribution in [0.25, 0.3) is 5.57 Å². The molecule has 0 aromatic heterocycles. The van der Waals surface area contributed by atoms with Gasteiger partial charge in [0.2, 0.25) is 0 Å². The van der Waals surface area contributed by atoms with Crippen LogP contribution in [0.4, 0.5) is 0 Å². The van der Waals surface area contributed by atoms with E-state index in [1.807, 2.05) is 30.3 Å². The minimum absolute atomic E-state index is 0.0674. The Kier molecular flexibility index (Phi) is 8.56. The van der Waals surface area contributed by atoms with Crippen molar-refractivity contribution in [2.45, 2.75) is 59.9 Å². The Balaban J connectivity index is 2.07. The fourth-order valence-corrected chi connectivity index (χ4v) is 3.08. The molecule has 0 amide bonds. The average molecular weight is 369 g/mol. The van der Waals surface area contributed by atoms with Gasteiger partial charge in [-0.2, -0.15) is 0 Å². The largest absolute Gasteiger partial charge is 0.489 e. The van der Waals surface area contributed by atoms with Crippen molar-refractivity contribution >= 4 is 5.57 Å². The van der Waals surface area contributed by atoms with Crippen molar-refractivity contribution in [2.75, 3.05) is 0 Å². The van der Waals surface area contributed by atoms with Crippen LogP contribution in [-0.4, -0.2) is 10.2 Å². The predicted molar refractivity (Wildman–Crippen MR) is 111 cm³/mol. The van der Waals surface area contributed by atoms with Crippen LogP contribution < -0.4 is 4.74 Å². The van der Waals surface area contributed by atoms with Crippen molar-refractivity contribution in [3.63, 3.8) is 0 Å². The van der Waals surface area contributed by atoms with Gasteiger partial charge in [-0.25, -0.2) is 0 Å². The zero-order valence-electron chi connectivity index (χ0n) is 16.7. The summed E-state index contributed by atoms with van der Waals surface area (Å²) in [6.07, 6.45) is 5.66. The second-order valence-electron chi connectivity index (χ2n) is 7.29. The van der Waals surface area contributed by atoms with Gasteiger partial charge in [0.05, 0.1) is 13.2 Å². The normalized spacial score (nSPS) is 11.9. The minimum Gasteiger partial charge on any atom is -0.489 e. The molecule has 0 unspecified atom stereocenters. The molecule has 2 rings (SSSR count). The van der Waals surface area contributed by atoms with Gasteiger partial charge < -0.3 is 14.9 Å². The summed E-state index contributed by atoms with van der Waals surface area (Å²) in [5, 5.41) is 18.7. The van der Waals surface area contributed by atoms with E-state index in [4.69, 9.17) is 4.74 Å². The first-order valence-corrected chi connectivity index (χ1v) is 9.82. The lowest BCUT2D eigenvalue weighted by Gasteiger charge is -2.12. The fraction of sp³-hybridized carbons (Fsp3) is 0.417. The van der Waals surface area contributed by atoms with Gasteiger partial charge in [0.1, 0.15) is 12.4 Å². The van der Waals surface area contributed by atoms with Gasteiger partial charge in [0.15, 0.2) is 0 Å². The van der Waals surface area contributed by atoms with Crippen molar-refractivity contribution in [3.8, 4) is 5.75 Å². The van der Waals surface area contributed by atoms with E-state index in [0.717, 1.165) is 41.2 Å². The highest BCUT2D eigenvalue weighted by molar-refractivity contribution is 5.66. The summed E-state index contributed by atoms with van der Waals surface area (Å²) in [6, 6.07) is 13.9. The van der Waals surface area contributed by atoms with E-state index in [2.05, 4.69) is 39.0 Å². The van der Waals surface area contributed by atoms with E-state index < -0.39 is 0 Å². The van der Waals surface area contributed by atoms with Crippen LogP contribution in [0.15, 0.2) is 48.5 Å². The standard InChI is InChI=1S/C24H32O3/c1-4-20(8-5-7-18(2)3)21-9-6-10-24(14-21)27-17-19-11-12-22(15-25)23(13-19)16-26/h6,8-14,18,25-26H,4-5,7,15-17H2,1-3H3/b20-8+. The highest BCUT2D eigenvalue weighted by Crippen LogP contribution is 2.25. The Morgan fingerprint density at radius 1 is 1.04 bits per heavy atom. The van der Waals surface area contributed by atoms with Crippen molar-refractivity contribution in [2.24, 2.45) is 5.92 Å². The van der Waals surface area contributed by atoms with Crippen LogP contribution in [0.1, 0.15) is 62.3 Å². The lowest BCUT2D eigenvalue weighted by Crippen LogP contribution is -2.00. The number of rotatable bonds is 10. The molecule has 3 nitrogen and oxygen atoms in total. The molecule has 2 aromatic carbocycles. The van der Waals surface area contributed by atoms with Gasteiger partial charge in [-0.3, -0.25) is 0 Å². The van der Waals surface area contributed by atoms with Crippen molar-refractivity contribution < 1.29 is 14.9 Å². The summed E-state index contributed by atoms with van der Waals surface area (Å²) in [6.45, 7) is 6.98. The molecule has 0 bridgehead atoms. The predicted octanol–water partition coefficient (Wildman–Crippen LogP) is 5.48. The van der Waals surface area contributed by atoms with Crippen LogP contribution >= 0.6 is 0 Å². The number of allylic oxidation sites excluding steroid dienone is 2.